The van der Waals surface area contributed by atoms with Crippen LogP contribution in [-0.2, 0) is 4.79 Å². The normalized spacial score (nSPS) is 16.3. The Hall–Kier alpha value is -0.710. The van der Waals surface area contributed by atoms with E-state index in [0.29, 0.717) is 5.91 Å². The standard InChI is InChI=1S/C16H24N2OS.ClH/c1-17-12-13-18(2)15(19)16(10-6-7-11-16)20-14-8-4-3-5-9-14;/h3-5,8-9,17H,6-7,10-13H2,1-2H3;1H. The number of carbonyl (C=O) groups is 1. The van der Waals surface area contributed by atoms with Crippen LogP contribution >= 0.6 is 24.2 Å². The zero-order chi connectivity index (χ0) is 14.4. The van der Waals surface area contributed by atoms with Gasteiger partial charge in [-0.3, -0.25) is 4.79 Å². The highest BCUT2D eigenvalue weighted by atomic mass is 35.5. The molecule has 1 amide bonds. The molecular weight excluding hydrogens is 304 g/mol. The molecule has 0 unspecified atom stereocenters. The van der Waals surface area contributed by atoms with Gasteiger partial charge in [0.05, 0.1) is 4.75 Å². The van der Waals surface area contributed by atoms with Crippen molar-refractivity contribution in [3.63, 3.8) is 0 Å². The predicted molar refractivity (Wildman–Crippen MR) is 92.3 cm³/mol. The van der Waals surface area contributed by atoms with Crippen molar-refractivity contribution in [1.29, 1.82) is 0 Å². The van der Waals surface area contributed by atoms with Crippen LogP contribution in [0.3, 0.4) is 0 Å². The molecular formula is C16H25ClN2OS. The summed E-state index contributed by atoms with van der Waals surface area (Å²) in [5.74, 6) is 0.291. The number of likely N-dealkylation sites (N-methyl/N-ethyl adjacent to an activating group) is 2. The van der Waals surface area contributed by atoms with Gasteiger partial charge in [0.15, 0.2) is 0 Å². The maximum absolute atomic E-state index is 12.9. The van der Waals surface area contributed by atoms with E-state index in [1.165, 1.54) is 4.90 Å². The van der Waals surface area contributed by atoms with Gasteiger partial charge in [0, 0.05) is 25.0 Å². The Morgan fingerprint density at radius 1 is 1.29 bits per heavy atom. The molecule has 3 nitrogen and oxygen atoms in total. The molecule has 1 aliphatic carbocycles. The van der Waals surface area contributed by atoms with Crippen molar-refractivity contribution in [2.24, 2.45) is 0 Å². The lowest BCUT2D eigenvalue weighted by Crippen LogP contribution is -2.45. The van der Waals surface area contributed by atoms with E-state index in [4.69, 9.17) is 0 Å². The largest absolute Gasteiger partial charge is 0.343 e. The van der Waals surface area contributed by atoms with Crippen LogP contribution < -0.4 is 5.32 Å². The lowest BCUT2D eigenvalue weighted by Gasteiger charge is -2.32. The number of nitrogens with zero attached hydrogens (tertiary/aromatic N) is 1. The first kappa shape index (κ1) is 18.3. The van der Waals surface area contributed by atoms with Crippen LogP contribution in [0.4, 0.5) is 0 Å². The Morgan fingerprint density at radius 2 is 1.90 bits per heavy atom. The number of thioether (sulfide) groups is 1. The molecule has 1 aromatic rings. The van der Waals surface area contributed by atoms with E-state index in [9.17, 15) is 4.79 Å². The van der Waals surface area contributed by atoms with Crippen LogP contribution in [0.1, 0.15) is 25.7 Å². The molecule has 2 rings (SSSR count). The van der Waals surface area contributed by atoms with Gasteiger partial charge in [-0.25, -0.2) is 0 Å². The van der Waals surface area contributed by atoms with Crippen molar-refractivity contribution < 1.29 is 4.79 Å². The average Bonchev–Trinajstić information content (AvgIpc) is 2.94. The number of rotatable bonds is 6. The summed E-state index contributed by atoms with van der Waals surface area (Å²) >= 11 is 1.76. The molecule has 0 atom stereocenters. The Balaban J connectivity index is 0.00000220. The van der Waals surface area contributed by atoms with E-state index >= 15 is 0 Å². The van der Waals surface area contributed by atoms with Gasteiger partial charge in [-0.05, 0) is 32.0 Å². The van der Waals surface area contributed by atoms with Crippen molar-refractivity contribution in [2.75, 3.05) is 27.2 Å². The zero-order valence-corrected chi connectivity index (χ0v) is 14.4. The molecule has 0 bridgehead atoms. The summed E-state index contributed by atoms with van der Waals surface area (Å²) in [6.45, 7) is 1.61. The highest BCUT2D eigenvalue weighted by Gasteiger charge is 2.43. The molecule has 1 saturated carbocycles. The minimum Gasteiger partial charge on any atom is -0.343 e. The van der Waals surface area contributed by atoms with Crippen LogP contribution in [0.25, 0.3) is 0 Å². The van der Waals surface area contributed by atoms with Gasteiger partial charge in [-0.1, -0.05) is 31.0 Å². The lowest BCUT2D eigenvalue weighted by molar-refractivity contribution is -0.132. The highest BCUT2D eigenvalue weighted by molar-refractivity contribution is 8.01. The fraction of sp³-hybridized carbons (Fsp3) is 0.562. The Labute approximate surface area is 138 Å². The molecule has 1 N–H and O–H groups in total. The van der Waals surface area contributed by atoms with Gasteiger partial charge in [0.1, 0.15) is 0 Å². The first-order chi connectivity index (χ1) is 9.68. The Morgan fingerprint density at radius 3 is 2.48 bits per heavy atom. The first-order valence-corrected chi connectivity index (χ1v) is 8.14. The van der Waals surface area contributed by atoms with E-state index in [2.05, 4.69) is 17.4 Å². The van der Waals surface area contributed by atoms with Crippen LogP contribution in [0, 0.1) is 0 Å². The zero-order valence-electron chi connectivity index (χ0n) is 12.8. The molecule has 0 aromatic heterocycles. The lowest BCUT2D eigenvalue weighted by atomic mass is 10.1. The third-order valence-electron chi connectivity index (χ3n) is 3.90. The van der Waals surface area contributed by atoms with Gasteiger partial charge in [0.25, 0.3) is 0 Å². The maximum atomic E-state index is 12.9. The number of nitrogens with one attached hydrogen (secondary N) is 1. The van der Waals surface area contributed by atoms with Gasteiger partial charge >= 0.3 is 0 Å². The molecule has 21 heavy (non-hydrogen) atoms. The summed E-state index contributed by atoms with van der Waals surface area (Å²) in [5, 5.41) is 3.11. The van der Waals surface area contributed by atoms with Gasteiger partial charge in [-0.15, -0.1) is 24.2 Å². The number of benzene rings is 1. The number of hydrogen-bond donors (Lipinski definition) is 1. The summed E-state index contributed by atoms with van der Waals surface area (Å²) in [5.41, 5.74) is 0. The monoisotopic (exact) mass is 328 g/mol. The molecule has 1 aliphatic rings. The fourth-order valence-corrected chi connectivity index (χ4v) is 4.23. The first-order valence-electron chi connectivity index (χ1n) is 7.32. The SMILES string of the molecule is CNCCN(C)C(=O)C1(Sc2ccccc2)CCCC1.Cl. The smallest absolute Gasteiger partial charge is 0.238 e. The molecule has 1 fully saturated rings. The van der Waals surface area contributed by atoms with Crippen molar-refractivity contribution in [3.05, 3.63) is 30.3 Å². The van der Waals surface area contributed by atoms with Crippen LogP contribution in [0.15, 0.2) is 35.2 Å². The number of hydrogen-bond acceptors (Lipinski definition) is 3. The number of carbonyl (C=O) groups excluding carboxylic acids is 1. The minimum absolute atomic E-state index is 0. The third kappa shape index (κ3) is 4.63. The number of halogens is 1. The Bertz CT molecular complexity index is 435. The Kier molecular flexibility index (Phi) is 7.57. The quantitative estimate of drug-likeness (QED) is 0.870. The summed E-state index contributed by atoms with van der Waals surface area (Å²) in [6.07, 6.45) is 4.31. The number of amides is 1. The topological polar surface area (TPSA) is 32.3 Å². The van der Waals surface area contributed by atoms with E-state index in [1.54, 1.807) is 11.8 Å². The van der Waals surface area contributed by atoms with Crippen molar-refractivity contribution in [3.8, 4) is 0 Å². The molecule has 0 spiro atoms. The molecule has 0 heterocycles. The van der Waals surface area contributed by atoms with Gasteiger partial charge in [-0.2, -0.15) is 0 Å². The van der Waals surface area contributed by atoms with Crippen LogP contribution in [-0.4, -0.2) is 42.7 Å². The fourth-order valence-electron chi connectivity index (χ4n) is 2.75. The molecule has 0 saturated heterocycles. The van der Waals surface area contributed by atoms with Crippen LogP contribution in [0.5, 0.6) is 0 Å². The molecule has 0 radical (unpaired) electrons. The molecule has 5 heteroatoms. The second kappa shape index (κ2) is 8.66. The molecule has 1 aromatic carbocycles. The van der Waals surface area contributed by atoms with Crippen molar-refractivity contribution in [2.45, 2.75) is 35.3 Å². The second-order valence-electron chi connectivity index (χ2n) is 5.45. The predicted octanol–water partition coefficient (Wildman–Crippen LogP) is 3.19. The average molecular weight is 329 g/mol. The third-order valence-corrected chi connectivity index (χ3v) is 5.38. The van der Waals surface area contributed by atoms with E-state index in [-0.39, 0.29) is 17.2 Å². The summed E-state index contributed by atoms with van der Waals surface area (Å²) in [4.78, 5) is 15.9. The summed E-state index contributed by atoms with van der Waals surface area (Å²) in [7, 11) is 3.84. The van der Waals surface area contributed by atoms with Crippen molar-refractivity contribution in [1.82, 2.24) is 10.2 Å². The van der Waals surface area contributed by atoms with E-state index in [1.807, 2.05) is 37.2 Å². The summed E-state index contributed by atoms with van der Waals surface area (Å²) < 4.78 is -0.246. The van der Waals surface area contributed by atoms with Gasteiger partial charge in [0.2, 0.25) is 5.91 Å². The maximum Gasteiger partial charge on any atom is 0.238 e. The van der Waals surface area contributed by atoms with E-state index in [0.717, 1.165) is 38.8 Å². The van der Waals surface area contributed by atoms with E-state index < -0.39 is 0 Å². The summed E-state index contributed by atoms with van der Waals surface area (Å²) in [6, 6.07) is 10.3. The molecule has 118 valence electrons. The van der Waals surface area contributed by atoms with Gasteiger partial charge < -0.3 is 10.2 Å². The van der Waals surface area contributed by atoms with Crippen LogP contribution in [0.2, 0.25) is 0 Å². The second-order valence-corrected chi connectivity index (χ2v) is 6.90. The highest BCUT2D eigenvalue weighted by Crippen LogP contribution is 2.46. The molecule has 0 aliphatic heterocycles. The van der Waals surface area contributed by atoms with Crippen molar-refractivity contribution >= 4 is 30.1 Å². The minimum atomic E-state index is -0.246.